The van der Waals surface area contributed by atoms with Crippen molar-refractivity contribution >= 4 is 17.8 Å². The second-order valence-electron chi connectivity index (χ2n) is 5.48. The molecule has 4 heteroatoms. The maximum absolute atomic E-state index is 12.1. The fraction of sp³-hybridized carbons (Fsp3) is 0.158. The molecule has 1 heterocycles. The van der Waals surface area contributed by atoms with Crippen LogP contribution in [-0.4, -0.2) is 18.9 Å². The molecule has 1 N–H and O–H groups in total. The van der Waals surface area contributed by atoms with E-state index in [2.05, 4.69) is 10.3 Å². The molecule has 0 aromatic heterocycles. The number of rotatable bonds is 4. The third-order valence-corrected chi connectivity index (χ3v) is 3.62. The van der Waals surface area contributed by atoms with Crippen LogP contribution in [0.1, 0.15) is 16.7 Å². The van der Waals surface area contributed by atoms with Crippen LogP contribution < -0.4 is 10.1 Å². The lowest BCUT2D eigenvalue weighted by molar-refractivity contribution is -0.115. The Morgan fingerprint density at radius 1 is 1.17 bits per heavy atom. The summed E-state index contributed by atoms with van der Waals surface area (Å²) in [6, 6.07) is 15.7. The van der Waals surface area contributed by atoms with Gasteiger partial charge in [-0.1, -0.05) is 42.0 Å². The molecule has 0 fully saturated rings. The maximum atomic E-state index is 12.1. The zero-order valence-corrected chi connectivity index (χ0v) is 13.2. The summed E-state index contributed by atoms with van der Waals surface area (Å²) in [6.07, 6.45) is 2.39. The molecule has 1 amide bonds. The smallest absolute Gasteiger partial charge is 0.275 e. The van der Waals surface area contributed by atoms with Crippen LogP contribution in [0, 0.1) is 6.92 Å². The normalized spacial score (nSPS) is 15.5. The lowest BCUT2D eigenvalue weighted by atomic mass is 10.1. The van der Waals surface area contributed by atoms with E-state index in [0.29, 0.717) is 18.0 Å². The second kappa shape index (κ2) is 6.48. The summed E-state index contributed by atoms with van der Waals surface area (Å²) in [6.45, 7) is 2.02. The van der Waals surface area contributed by atoms with Gasteiger partial charge in [0, 0.05) is 6.42 Å². The molecular weight excluding hydrogens is 288 g/mol. The van der Waals surface area contributed by atoms with Gasteiger partial charge in [-0.15, -0.1) is 0 Å². The van der Waals surface area contributed by atoms with Crippen molar-refractivity contribution in [3.05, 3.63) is 70.9 Å². The molecule has 3 rings (SSSR count). The van der Waals surface area contributed by atoms with Crippen molar-refractivity contribution in [3.63, 3.8) is 0 Å². The number of nitrogens with zero attached hydrogens (tertiary/aromatic N) is 1. The van der Waals surface area contributed by atoms with Gasteiger partial charge in [-0.25, -0.2) is 4.99 Å². The summed E-state index contributed by atoms with van der Waals surface area (Å²) < 4.78 is 5.14. The summed E-state index contributed by atoms with van der Waals surface area (Å²) in [5.41, 5.74) is 3.64. The summed E-state index contributed by atoms with van der Waals surface area (Å²) in [5, 5.41) is 2.83. The largest absolute Gasteiger partial charge is 0.497 e. The highest BCUT2D eigenvalue weighted by molar-refractivity contribution is 6.14. The van der Waals surface area contributed by atoms with Crippen LogP contribution in [0.15, 0.2) is 59.2 Å². The molecule has 0 radical (unpaired) electrons. The number of amidine groups is 1. The first kappa shape index (κ1) is 15.0. The number of hydrogen-bond acceptors (Lipinski definition) is 3. The zero-order chi connectivity index (χ0) is 16.2. The van der Waals surface area contributed by atoms with Crippen molar-refractivity contribution in [1.29, 1.82) is 0 Å². The van der Waals surface area contributed by atoms with Crippen molar-refractivity contribution in [1.82, 2.24) is 5.32 Å². The molecule has 4 nitrogen and oxygen atoms in total. The third-order valence-electron chi connectivity index (χ3n) is 3.62. The zero-order valence-electron chi connectivity index (χ0n) is 13.2. The minimum absolute atomic E-state index is 0.157. The highest BCUT2D eigenvalue weighted by Crippen LogP contribution is 2.16. The first-order valence-electron chi connectivity index (χ1n) is 7.44. The number of nitrogens with one attached hydrogen (secondary N) is 1. The number of aliphatic imine (C=N–C) groups is 1. The van der Waals surface area contributed by atoms with Crippen LogP contribution >= 0.6 is 0 Å². The summed E-state index contributed by atoms with van der Waals surface area (Å²) in [7, 11) is 1.64. The van der Waals surface area contributed by atoms with Gasteiger partial charge in [-0.2, -0.15) is 0 Å². The van der Waals surface area contributed by atoms with Gasteiger partial charge < -0.3 is 10.1 Å². The number of benzene rings is 2. The van der Waals surface area contributed by atoms with Crippen LogP contribution in [0.4, 0.5) is 0 Å². The molecule has 0 spiro atoms. The summed E-state index contributed by atoms with van der Waals surface area (Å²) in [5.74, 6) is 1.32. The Morgan fingerprint density at radius 2 is 1.96 bits per heavy atom. The number of aryl methyl sites for hydroxylation is 1. The van der Waals surface area contributed by atoms with E-state index < -0.39 is 0 Å². The van der Waals surface area contributed by atoms with Crippen molar-refractivity contribution in [2.24, 2.45) is 4.99 Å². The first-order chi connectivity index (χ1) is 11.1. The van der Waals surface area contributed by atoms with E-state index >= 15 is 0 Å². The molecule has 0 atom stereocenters. The SMILES string of the molecule is COc1ccc(CC2=N/C(=C/c3cccc(C)c3)C(=O)N2)cc1. The first-order valence-corrected chi connectivity index (χ1v) is 7.44. The average Bonchev–Trinajstić information content (AvgIpc) is 2.87. The quantitative estimate of drug-likeness (QED) is 0.882. The van der Waals surface area contributed by atoms with Gasteiger partial charge in [0.05, 0.1) is 7.11 Å². The van der Waals surface area contributed by atoms with Gasteiger partial charge in [-0.3, -0.25) is 4.79 Å². The van der Waals surface area contributed by atoms with E-state index in [9.17, 15) is 4.79 Å². The van der Waals surface area contributed by atoms with Crippen molar-refractivity contribution in [2.75, 3.05) is 7.11 Å². The van der Waals surface area contributed by atoms with Crippen molar-refractivity contribution < 1.29 is 9.53 Å². The predicted molar refractivity (Wildman–Crippen MR) is 91.4 cm³/mol. The Morgan fingerprint density at radius 3 is 2.65 bits per heavy atom. The molecule has 1 aliphatic rings. The van der Waals surface area contributed by atoms with E-state index in [4.69, 9.17) is 4.74 Å². The molecule has 2 aromatic rings. The molecule has 0 bridgehead atoms. The Balaban J connectivity index is 1.78. The van der Waals surface area contributed by atoms with Gasteiger partial charge in [0.15, 0.2) is 0 Å². The standard InChI is InChI=1S/C19H18N2O2/c1-13-4-3-5-15(10-13)11-17-19(22)21-18(20-17)12-14-6-8-16(23-2)9-7-14/h3-11H,12H2,1-2H3,(H,20,21,22)/b17-11+. The number of ether oxygens (including phenoxy) is 1. The van der Waals surface area contributed by atoms with Gasteiger partial charge in [0.25, 0.3) is 5.91 Å². The lowest BCUT2D eigenvalue weighted by Gasteiger charge is -2.03. The molecular formula is C19H18N2O2. The highest BCUT2D eigenvalue weighted by Gasteiger charge is 2.19. The van der Waals surface area contributed by atoms with E-state index in [1.54, 1.807) is 7.11 Å². The van der Waals surface area contributed by atoms with Crippen molar-refractivity contribution in [3.8, 4) is 5.75 Å². The minimum atomic E-state index is -0.157. The van der Waals surface area contributed by atoms with Gasteiger partial charge in [-0.05, 0) is 36.3 Å². The molecule has 1 aliphatic heterocycles. The van der Waals surface area contributed by atoms with Crippen LogP contribution in [-0.2, 0) is 11.2 Å². The van der Waals surface area contributed by atoms with Crippen LogP contribution in [0.3, 0.4) is 0 Å². The Labute approximate surface area is 135 Å². The minimum Gasteiger partial charge on any atom is -0.497 e. The number of amides is 1. The lowest BCUT2D eigenvalue weighted by Crippen LogP contribution is -2.25. The number of carbonyl (C=O) groups is 1. The Hall–Kier alpha value is -2.88. The fourth-order valence-electron chi connectivity index (χ4n) is 2.46. The van der Waals surface area contributed by atoms with E-state index in [0.717, 1.165) is 22.4 Å². The average molecular weight is 306 g/mol. The Kier molecular flexibility index (Phi) is 4.24. The summed E-state index contributed by atoms with van der Waals surface area (Å²) in [4.78, 5) is 16.5. The molecule has 0 aliphatic carbocycles. The summed E-state index contributed by atoms with van der Waals surface area (Å²) >= 11 is 0. The second-order valence-corrected chi connectivity index (χ2v) is 5.48. The van der Waals surface area contributed by atoms with Crippen LogP contribution in [0.2, 0.25) is 0 Å². The molecule has 0 unspecified atom stereocenters. The Bertz CT molecular complexity index is 789. The third kappa shape index (κ3) is 3.66. The van der Waals surface area contributed by atoms with Gasteiger partial charge in [0.2, 0.25) is 0 Å². The monoisotopic (exact) mass is 306 g/mol. The maximum Gasteiger partial charge on any atom is 0.275 e. The van der Waals surface area contributed by atoms with E-state index in [1.165, 1.54) is 0 Å². The van der Waals surface area contributed by atoms with E-state index in [1.807, 2.05) is 61.5 Å². The van der Waals surface area contributed by atoms with Gasteiger partial charge in [0.1, 0.15) is 17.3 Å². The number of methoxy groups -OCH3 is 1. The van der Waals surface area contributed by atoms with Crippen molar-refractivity contribution in [2.45, 2.75) is 13.3 Å². The van der Waals surface area contributed by atoms with E-state index in [-0.39, 0.29) is 5.91 Å². The molecule has 0 saturated carbocycles. The van der Waals surface area contributed by atoms with Crippen LogP contribution in [0.25, 0.3) is 6.08 Å². The molecule has 0 saturated heterocycles. The fourth-order valence-corrected chi connectivity index (χ4v) is 2.46. The predicted octanol–water partition coefficient (Wildman–Crippen LogP) is 3.12. The van der Waals surface area contributed by atoms with Crippen LogP contribution in [0.5, 0.6) is 5.75 Å². The molecule has 116 valence electrons. The van der Waals surface area contributed by atoms with Gasteiger partial charge >= 0.3 is 0 Å². The molecule has 2 aromatic carbocycles. The highest BCUT2D eigenvalue weighted by atomic mass is 16.5. The number of hydrogen-bond donors (Lipinski definition) is 1. The molecule has 23 heavy (non-hydrogen) atoms. The topological polar surface area (TPSA) is 50.7 Å². The number of carbonyl (C=O) groups excluding carboxylic acids is 1.